The Labute approximate surface area is 213 Å². The highest BCUT2D eigenvalue weighted by Gasteiger charge is 2.23. The number of aromatic nitrogens is 3. The van der Waals surface area contributed by atoms with E-state index in [1.807, 2.05) is 35.4 Å². The standard InChI is InChI=1S/C28H27F2N5O2/c1-2-25(36)34-11-9-18(10-12-34)14-35-15-22(26-27(31)32-17-33-28(26)35)20-4-6-21(7-5-20)37-16-19-3-8-23(29)24(30)13-19/h2-8,13,15,17-18H,1,9-12,14,16H2,(H2,31,32,33). The Bertz CT molecular complexity index is 1440. The fourth-order valence-electron chi connectivity index (χ4n) is 4.78. The van der Waals surface area contributed by atoms with Crippen LogP contribution in [0.4, 0.5) is 14.6 Å². The van der Waals surface area contributed by atoms with Crippen molar-refractivity contribution in [2.75, 3.05) is 18.8 Å². The number of benzene rings is 2. The lowest BCUT2D eigenvalue weighted by molar-refractivity contribution is -0.127. The zero-order chi connectivity index (χ0) is 25.9. The van der Waals surface area contributed by atoms with E-state index in [0.717, 1.165) is 53.7 Å². The maximum absolute atomic E-state index is 13.4. The van der Waals surface area contributed by atoms with Gasteiger partial charge >= 0.3 is 0 Å². The van der Waals surface area contributed by atoms with E-state index in [9.17, 15) is 13.6 Å². The molecule has 0 spiro atoms. The van der Waals surface area contributed by atoms with Gasteiger partial charge in [0.1, 0.15) is 30.1 Å². The van der Waals surface area contributed by atoms with Crippen molar-refractivity contribution in [1.82, 2.24) is 19.4 Å². The topological polar surface area (TPSA) is 86.3 Å². The molecule has 1 amide bonds. The van der Waals surface area contributed by atoms with Crippen LogP contribution in [0, 0.1) is 17.6 Å². The number of nitrogens with zero attached hydrogens (tertiary/aromatic N) is 4. The molecule has 1 aliphatic heterocycles. The zero-order valence-corrected chi connectivity index (χ0v) is 20.2. The maximum Gasteiger partial charge on any atom is 0.245 e. The number of hydrogen-bond donors (Lipinski definition) is 1. The number of anilines is 1. The summed E-state index contributed by atoms with van der Waals surface area (Å²) in [5, 5.41) is 0.789. The van der Waals surface area contributed by atoms with Crippen molar-refractivity contribution in [3.05, 3.63) is 84.8 Å². The first kappa shape index (κ1) is 24.4. The molecule has 9 heteroatoms. The number of carbonyl (C=O) groups excluding carboxylic acids is 1. The van der Waals surface area contributed by atoms with Crippen LogP contribution in [0.1, 0.15) is 18.4 Å². The average molecular weight is 504 g/mol. The second-order valence-electron chi connectivity index (χ2n) is 9.19. The number of halogens is 2. The third-order valence-corrected chi connectivity index (χ3v) is 6.79. The maximum atomic E-state index is 13.4. The Hall–Kier alpha value is -4.27. The van der Waals surface area contributed by atoms with Crippen molar-refractivity contribution in [3.63, 3.8) is 0 Å². The highest BCUT2D eigenvalue weighted by molar-refractivity contribution is 6.00. The second-order valence-corrected chi connectivity index (χ2v) is 9.19. The fourth-order valence-corrected chi connectivity index (χ4v) is 4.78. The summed E-state index contributed by atoms with van der Waals surface area (Å²) in [5.74, 6) is -0.399. The number of rotatable bonds is 7. The molecule has 2 N–H and O–H groups in total. The molecular formula is C28H27F2N5O2. The number of hydrogen-bond acceptors (Lipinski definition) is 5. The second kappa shape index (κ2) is 10.4. The molecule has 2 aromatic heterocycles. The van der Waals surface area contributed by atoms with Crippen LogP contribution in [0.5, 0.6) is 5.75 Å². The van der Waals surface area contributed by atoms with Crippen LogP contribution in [0.25, 0.3) is 22.2 Å². The lowest BCUT2D eigenvalue weighted by atomic mass is 9.96. The summed E-state index contributed by atoms with van der Waals surface area (Å²) in [7, 11) is 0. The molecular weight excluding hydrogens is 476 g/mol. The molecule has 0 unspecified atom stereocenters. The number of nitrogens with two attached hydrogens (primary N) is 1. The molecule has 1 aliphatic rings. The third kappa shape index (κ3) is 5.16. The summed E-state index contributed by atoms with van der Waals surface area (Å²) < 4.78 is 34.5. The van der Waals surface area contributed by atoms with E-state index < -0.39 is 11.6 Å². The monoisotopic (exact) mass is 503 g/mol. The number of nitrogen functional groups attached to an aromatic ring is 1. The number of piperidine rings is 1. The van der Waals surface area contributed by atoms with Gasteiger partial charge in [-0.15, -0.1) is 0 Å². The van der Waals surface area contributed by atoms with Crippen molar-refractivity contribution in [2.24, 2.45) is 5.92 Å². The van der Waals surface area contributed by atoms with Gasteiger partial charge in [0, 0.05) is 31.4 Å². The number of ether oxygens (including phenoxy) is 1. The average Bonchev–Trinajstić information content (AvgIpc) is 3.29. The number of fused-ring (bicyclic) bond motifs is 1. The predicted molar refractivity (Wildman–Crippen MR) is 138 cm³/mol. The minimum atomic E-state index is -0.900. The van der Waals surface area contributed by atoms with Gasteiger partial charge in [-0.25, -0.2) is 18.7 Å². The summed E-state index contributed by atoms with van der Waals surface area (Å²) in [6, 6.07) is 11.2. The quantitative estimate of drug-likeness (QED) is 0.360. The van der Waals surface area contributed by atoms with E-state index in [1.165, 1.54) is 18.5 Å². The van der Waals surface area contributed by atoms with E-state index in [0.29, 0.717) is 36.1 Å². The van der Waals surface area contributed by atoms with Crippen LogP contribution in [0.15, 0.2) is 67.6 Å². The summed E-state index contributed by atoms with van der Waals surface area (Å²) in [4.78, 5) is 22.5. The minimum Gasteiger partial charge on any atom is -0.489 e. The number of likely N-dealkylation sites (tertiary alicyclic amines) is 1. The van der Waals surface area contributed by atoms with Crippen molar-refractivity contribution in [2.45, 2.75) is 26.0 Å². The molecule has 7 nitrogen and oxygen atoms in total. The van der Waals surface area contributed by atoms with Crippen LogP contribution < -0.4 is 10.5 Å². The predicted octanol–water partition coefficient (Wildman–Crippen LogP) is 4.96. The van der Waals surface area contributed by atoms with Crippen molar-refractivity contribution in [3.8, 4) is 16.9 Å². The minimum absolute atomic E-state index is 0.0232. The lowest BCUT2D eigenvalue weighted by Crippen LogP contribution is -2.38. The van der Waals surface area contributed by atoms with E-state index in [4.69, 9.17) is 10.5 Å². The molecule has 0 aliphatic carbocycles. The Balaban J connectivity index is 1.34. The summed E-state index contributed by atoms with van der Waals surface area (Å²) in [6.07, 6.45) is 6.69. The Morgan fingerprint density at radius 1 is 1.11 bits per heavy atom. The van der Waals surface area contributed by atoms with Gasteiger partial charge in [-0.05, 0) is 60.2 Å². The smallest absolute Gasteiger partial charge is 0.245 e. The molecule has 190 valence electrons. The Morgan fingerprint density at radius 3 is 2.57 bits per heavy atom. The van der Waals surface area contributed by atoms with Gasteiger partial charge in [0.25, 0.3) is 0 Å². The van der Waals surface area contributed by atoms with Crippen molar-refractivity contribution < 1.29 is 18.3 Å². The summed E-state index contributed by atoms with van der Waals surface area (Å²) in [5.41, 5.74) is 9.42. The highest BCUT2D eigenvalue weighted by atomic mass is 19.2. The van der Waals surface area contributed by atoms with Crippen LogP contribution >= 0.6 is 0 Å². The lowest BCUT2D eigenvalue weighted by Gasteiger charge is -2.31. The molecule has 0 radical (unpaired) electrons. The third-order valence-electron chi connectivity index (χ3n) is 6.79. The van der Waals surface area contributed by atoms with Gasteiger partial charge in [-0.3, -0.25) is 4.79 Å². The molecule has 2 aromatic carbocycles. The Kier molecular flexibility index (Phi) is 6.85. The molecule has 0 bridgehead atoms. The van der Waals surface area contributed by atoms with Crippen LogP contribution in [-0.2, 0) is 17.9 Å². The van der Waals surface area contributed by atoms with Crippen molar-refractivity contribution in [1.29, 1.82) is 0 Å². The highest BCUT2D eigenvalue weighted by Crippen LogP contribution is 2.34. The molecule has 0 saturated carbocycles. The van der Waals surface area contributed by atoms with E-state index in [2.05, 4.69) is 21.1 Å². The van der Waals surface area contributed by atoms with E-state index in [1.54, 1.807) is 0 Å². The van der Waals surface area contributed by atoms with Gasteiger partial charge in [0.05, 0.1) is 5.39 Å². The van der Waals surface area contributed by atoms with Crippen LogP contribution in [0.3, 0.4) is 0 Å². The molecule has 1 fully saturated rings. The van der Waals surface area contributed by atoms with E-state index in [-0.39, 0.29) is 12.5 Å². The molecule has 37 heavy (non-hydrogen) atoms. The van der Waals surface area contributed by atoms with Gasteiger partial charge in [-0.1, -0.05) is 24.8 Å². The summed E-state index contributed by atoms with van der Waals surface area (Å²) in [6.45, 7) is 5.88. The number of amides is 1. The zero-order valence-electron chi connectivity index (χ0n) is 20.2. The number of carbonyl (C=O) groups is 1. The van der Waals surface area contributed by atoms with Gasteiger partial charge in [-0.2, -0.15) is 0 Å². The SMILES string of the molecule is C=CC(=O)N1CCC(Cn2cc(-c3ccc(OCc4ccc(F)c(F)c4)cc3)c3c(N)ncnc32)CC1. The van der Waals surface area contributed by atoms with Crippen LogP contribution in [0.2, 0.25) is 0 Å². The normalized spacial score (nSPS) is 14.2. The first-order valence-electron chi connectivity index (χ1n) is 12.1. The molecule has 0 atom stereocenters. The first-order valence-corrected chi connectivity index (χ1v) is 12.1. The van der Waals surface area contributed by atoms with E-state index >= 15 is 0 Å². The fraction of sp³-hybridized carbons (Fsp3) is 0.250. The summed E-state index contributed by atoms with van der Waals surface area (Å²) >= 11 is 0. The van der Waals surface area contributed by atoms with Crippen LogP contribution in [-0.4, -0.2) is 38.4 Å². The Morgan fingerprint density at radius 2 is 1.86 bits per heavy atom. The molecule has 1 saturated heterocycles. The molecule has 4 aromatic rings. The van der Waals surface area contributed by atoms with Gasteiger partial charge in [0.2, 0.25) is 5.91 Å². The van der Waals surface area contributed by atoms with Gasteiger partial charge < -0.3 is 19.9 Å². The molecule has 5 rings (SSSR count). The van der Waals surface area contributed by atoms with Gasteiger partial charge in [0.15, 0.2) is 11.6 Å². The van der Waals surface area contributed by atoms with Crippen molar-refractivity contribution >= 4 is 22.8 Å². The largest absolute Gasteiger partial charge is 0.489 e. The first-order chi connectivity index (χ1) is 17.9. The molecule has 3 heterocycles.